The van der Waals surface area contributed by atoms with Gasteiger partial charge in [-0.1, -0.05) is 25.7 Å². The van der Waals surface area contributed by atoms with Gasteiger partial charge in [-0.3, -0.25) is 4.79 Å². The summed E-state index contributed by atoms with van der Waals surface area (Å²) >= 11 is 0. The molecule has 1 saturated carbocycles. The summed E-state index contributed by atoms with van der Waals surface area (Å²) in [5, 5.41) is 9.39. The smallest absolute Gasteiger partial charge is 0.226 e. The van der Waals surface area contributed by atoms with Gasteiger partial charge in [0.2, 0.25) is 5.91 Å². The van der Waals surface area contributed by atoms with E-state index in [9.17, 15) is 9.90 Å². The van der Waals surface area contributed by atoms with E-state index < -0.39 is 0 Å². The molecule has 0 radical (unpaired) electrons. The second-order valence-corrected chi connectivity index (χ2v) is 6.35. The van der Waals surface area contributed by atoms with E-state index in [1.165, 1.54) is 12.8 Å². The van der Waals surface area contributed by atoms with Gasteiger partial charge in [0, 0.05) is 24.6 Å². The van der Waals surface area contributed by atoms with Gasteiger partial charge >= 0.3 is 0 Å². The Morgan fingerprint density at radius 3 is 2.46 bits per heavy atom. The van der Waals surface area contributed by atoms with Crippen LogP contribution in [0.3, 0.4) is 0 Å². The van der Waals surface area contributed by atoms with Crippen LogP contribution in [0.2, 0.25) is 0 Å². The van der Waals surface area contributed by atoms with Crippen LogP contribution in [-0.2, 0) is 11.3 Å². The third kappa shape index (κ3) is 4.87. The minimum atomic E-state index is -0.0370. The average molecular weight is 335 g/mol. The number of carbonyl (C=O) groups is 1. The Morgan fingerprint density at radius 2 is 1.88 bits per heavy atom. The molecule has 24 heavy (non-hydrogen) atoms. The molecule has 2 rings (SSSR count). The number of methoxy groups -OCH3 is 2. The van der Waals surface area contributed by atoms with Crippen LogP contribution in [0.5, 0.6) is 11.5 Å². The van der Waals surface area contributed by atoms with Crippen molar-refractivity contribution in [3.8, 4) is 11.5 Å². The molecule has 0 spiro atoms. The molecular weight excluding hydrogens is 306 g/mol. The van der Waals surface area contributed by atoms with E-state index in [1.54, 1.807) is 19.1 Å². The maximum atomic E-state index is 12.9. The minimum Gasteiger partial charge on any atom is -0.497 e. The molecule has 1 aliphatic rings. The third-order valence-corrected chi connectivity index (χ3v) is 4.73. The van der Waals surface area contributed by atoms with E-state index in [2.05, 4.69) is 0 Å². The van der Waals surface area contributed by atoms with Gasteiger partial charge in [-0.25, -0.2) is 0 Å². The van der Waals surface area contributed by atoms with Crippen LogP contribution in [0.15, 0.2) is 18.2 Å². The van der Waals surface area contributed by atoms with Crippen LogP contribution < -0.4 is 9.47 Å². The summed E-state index contributed by atoms with van der Waals surface area (Å²) in [6.07, 6.45) is 6.57. The Hall–Kier alpha value is -1.75. The van der Waals surface area contributed by atoms with Gasteiger partial charge in [-0.2, -0.15) is 0 Å². The third-order valence-electron chi connectivity index (χ3n) is 4.73. The van der Waals surface area contributed by atoms with Gasteiger partial charge < -0.3 is 19.5 Å². The van der Waals surface area contributed by atoms with Crippen molar-refractivity contribution in [1.29, 1.82) is 0 Å². The predicted octanol–water partition coefficient (Wildman–Crippen LogP) is 3.00. The SMILES string of the molecule is COc1ccc(OC)c(CN(CCO)C(=O)C2CCCCCC2)c1. The quantitative estimate of drug-likeness (QED) is 0.778. The van der Waals surface area contributed by atoms with Crippen molar-refractivity contribution >= 4 is 5.91 Å². The van der Waals surface area contributed by atoms with E-state index in [0.29, 0.717) is 13.1 Å². The monoisotopic (exact) mass is 335 g/mol. The number of nitrogens with zero attached hydrogens (tertiary/aromatic N) is 1. The Labute approximate surface area is 144 Å². The number of carbonyl (C=O) groups excluding carboxylic acids is 1. The first-order chi connectivity index (χ1) is 11.7. The maximum Gasteiger partial charge on any atom is 0.226 e. The Morgan fingerprint density at radius 1 is 1.17 bits per heavy atom. The molecule has 0 aromatic heterocycles. The molecule has 0 unspecified atom stereocenters. The summed E-state index contributed by atoms with van der Waals surface area (Å²) in [6, 6.07) is 5.58. The molecule has 1 amide bonds. The summed E-state index contributed by atoms with van der Waals surface area (Å²) in [6.45, 7) is 0.733. The van der Waals surface area contributed by atoms with Gasteiger partial charge in [-0.15, -0.1) is 0 Å². The van der Waals surface area contributed by atoms with Gasteiger partial charge in [0.05, 0.1) is 20.8 Å². The fraction of sp³-hybridized carbons (Fsp3) is 0.632. The Bertz CT molecular complexity index is 524. The maximum absolute atomic E-state index is 12.9. The second-order valence-electron chi connectivity index (χ2n) is 6.35. The topological polar surface area (TPSA) is 59.0 Å². The van der Waals surface area contributed by atoms with Crippen molar-refractivity contribution < 1.29 is 19.4 Å². The second kappa shape index (κ2) is 9.52. The molecule has 134 valence electrons. The van der Waals surface area contributed by atoms with E-state index in [0.717, 1.165) is 42.7 Å². The first-order valence-corrected chi connectivity index (χ1v) is 8.80. The normalized spacial score (nSPS) is 15.6. The van der Waals surface area contributed by atoms with Crippen LogP contribution in [0, 0.1) is 5.92 Å². The van der Waals surface area contributed by atoms with E-state index in [-0.39, 0.29) is 18.4 Å². The van der Waals surface area contributed by atoms with Crippen molar-refractivity contribution in [2.24, 2.45) is 5.92 Å². The Kier molecular flexibility index (Phi) is 7.37. The van der Waals surface area contributed by atoms with E-state index >= 15 is 0 Å². The largest absolute Gasteiger partial charge is 0.497 e. The molecule has 5 nitrogen and oxygen atoms in total. The lowest BCUT2D eigenvalue weighted by atomic mass is 9.98. The van der Waals surface area contributed by atoms with Crippen LogP contribution in [0.25, 0.3) is 0 Å². The molecule has 0 aliphatic heterocycles. The molecular formula is C19H29NO4. The Balaban J connectivity index is 2.16. The summed E-state index contributed by atoms with van der Waals surface area (Å²) in [4.78, 5) is 14.7. The lowest BCUT2D eigenvalue weighted by Gasteiger charge is -2.27. The van der Waals surface area contributed by atoms with Gasteiger partial charge in [0.1, 0.15) is 11.5 Å². The van der Waals surface area contributed by atoms with Gasteiger partial charge in [0.15, 0.2) is 0 Å². The van der Waals surface area contributed by atoms with E-state index in [1.807, 2.05) is 18.2 Å². The van der Waals surface area contributed by atoms with Crippen molar-refractivity contribution in [2.75, 3.05) is 27.4 Å². The summed E-state index contributed by atoms with van der Waals surface area (Å²) < 4.78 is 10.7. The van der Waals surface area contributed by atoms with Gasteiger partial charge in [-0.05, 0) is 31.0 Å². The number of ether oxygens (including phenoxy) is 2. The van der Waals surface area contributed by atoms with Crippen molar-refractivity contribution in [2.45, 2.75) is 45.1 Å². The average Bonchev–Trinajstić information content (AvgIpc) is 2.90. The standard InChI is InChI=1S/C19H29NO4/c1-23-17-9-10-18(24-2)16(13-17)14-20(11-12-21)19(22)15-7-5-3-4-6-8-15/h9-10,13,15,21H,3-8,11-12,14H2,1-2H3. The molecule has 1 aliphatic carbocycles. The highest BCUT2D eigenvalue weighted by Crippen LogP contribution is 2.28. The summed E-state index contributed by atoms with van der Waals surface area (Å²) in [7, 11) is 3.24. The molecule has 1 aromatic carbocycles. The van der Waals surface area contributed by atoms with Crippen molar-refractivity contribution in [3.05, 3.63) is 23.8 Å². The van der Waals surface area contributed by atoms with Crippen molar-refractivity contribution in [3.63, 3.8) is 0 Å². The molecule has 1 aromatic rings. The molecule has 0 atom stereocenters. The zero-order valence-corrected chi connectivity index (χ0v) is 14.8. The number of benzene rings is 1. The predicted molar refractivity (Wildman–Crippen MR) is 93.2 cm³/mol. The molecule has 1 N–H and O–H groups in total. The number of aliphatic hydroxyl groups excluding tert-OH is 1. The minimum absolute atomic E-state index is 0.0370. The molecule has 0 heterocycles. The lowest BCUT2D eigenvalue weighted by molar-refractivity contribution is -0.137. The number of rotatable bonds is 7. The fourth-order valence-electron chi connectivity index (χ4n) is 3.38. The van der Waals surface area contributed by atoms with E-state index in [4.69, 9.17) is 9.47 Å². The lowest BCUT2D eigenvalue weighted by Crippen LogP contribution is -2.37. The highest BCUT2D eigenvalue weighted by molar-refractivity contribution is 5.79. The highest BCUT2D eigenvalue weighted by atomic mass is 16.5. The molecule has 1 fully saturated rings. The summed E-state index contributed by atoms with van der Waals surface area (Å²) in [5.74, 6) is 1.69. The van der Waals surface area contributed by atoms with Crippen LogP contribution >= 0.6 is 0 Å². The number of hydrogen-bond donors (Lipinski definition) is 1. The molecule has 0 bridgehead atoms. The first kappa shape index (κ1) is 18.6. The van der Waals surface area contributed by atoms with Crippen LogP contribution in [-0.4, -0.2) is 43.3 Å². The molecule has 5 heteroatoms. The van der Waals surface area contributed by atoms with Crippen molar-refractivity contribution in [1.82, 2.24) is 4.90 Å². The fourth-order valence-corrected chi connectivity index (χ4v) is 3.38. The van der Waals surface area contributed by atoms with Gasteiger partial charge in [0.25, 0.3) is 0 Å². The van der Waals surface area contributed by atoms with Crippen LogP contribution in [0.4, 0.5) is 0 Å². The first-order valence-electron chi connectivity index (χ1n) is 8.80. The summed E-state index contributed by atoms with van der Waals surface area (Å²) in [5.41, 5.74) is 0.896. The highest BCUT2D eigenvalue weighted by Gasteiger charge is 2.25. The zero-order chi connectivity index (χ0) is 17.4. The number of amides is 1. The number of aliphatic hydroxyl groups is 1. The number of hydrogen-bond acceptors (Lipinski definition) is 4. The van der Waals surface area contributed by atoms with Crippen LogP contribution in [0.1, 0.15) is 44.1 Å². The zero-order valence-electron chi connectivity index (χ0n) is 14.8. The molecule has 0 saturated heterocycles.